The number of methoxy groups -OCH3 is 1. The van der Waals surface area contributed by atoms with Crippen LogP contribution in [0.25, 0.3) is 0 Å². The Balaban J connectivity index is 1.71. The maximum atomic E-state index is 14.3. The number of hydrogen-bond donors (Lipinski definition) is 1. The van der Waals surface area contributed by atoms with Crippen molar-refractivity contribution in [1.29, 1.82) is 0 Å². The second-order valence-corrected chi connectivity index (χ2v) is 12.1. The minimum Gasteiger partial charge on any atom is -0.497 e. The van der Waals surface area contributed by atoms with Gasteiger partial charge in [-0.15, -0.1) is 0 Å². The molecule has 0 radical (unpaired) electrons. The first-order valence-corrected chi connectivity index (χ1v) is 13.1. The fraction of sp³-hybridized carbons (Fsp3) is 0.452. The monoisotopic (exact) mass is 500 g/mol. The topological polar surface area (TPSA) is 67.3 Å². The Morgan fingerprint density at radius 3 is 2.03 bits per heavy atom. The molecule has 1 saturated heterocycles. The van der Waals surface area contributed by atoms with Crippen molar-refractivity contribution in [3.8, 4) is 5.75 Å². The van der Waals surface area contributed by atoms with E-state index in [0.29, 0.717) is 31.9 Å². The Morgan fingerprint density at radius 1 is 0.892 bits per heavy atom. The summed E-state index contributed by atoms with van der Waals surface area (Å²) in [5.74, 6) is 1.47. The Kier molecular flexibility index (Phi) is 7.31. The largest absolute Gasteiger partial charge is 0.497 e. The van der Waals surface area contributed by atoms with Crippen molar-refractivity contribution in [2.24, 2.45) is 0 Å². The highest BCUT2D eigenvalue weighted by atomic mass is 16.5. The third kappa shape index (κ3) is 5.79. The maximum absolute atomic E-state index is 14.3. The maximum Gasteiger partial charge on any atom is 0.235 e. The molecule has 1 aliphatic heterocycles. The average Bonchev–Trinajstić information content (AvgIpc) is 2.88. The predicted molar refractivity (Wildman–Crippen MR) is 151 cm³/mol. The van der Waals surface area contributed by atoms with E-state index in [4.69, 9.17) is 4.74 Å². The lowest BCUT2D eigenvalue weighted by atomic mass is 9.71. The van der Waals surface area contributed by atoms with E-state index >= 15 is 0 Å². The summed E-state index contributed by atoms with van der Waals surface area (Å²) >= 11 is 0. The molecule has 1 fully saturated rings. The first kappa shape index (κ1) is 26.6. The summed E-state index contributed by atoms with van der Waals surface area (Å²) in [7, 11) is 1.66. The third-order valence-corrected chi connectivity index (χ3v) is 7.43. The Bertz CT molecular complexity index is 1200. The van der Waals surface area contributed by atoms with Crippen LogP contribution < -0.4 is 15.0 Å². The van der Waals surface area contributed by atoms with Gasteiger partial charge in [-0.25, -0.2) is 9.97 Å². The summed E-state index contributed by atoms with van der Waals surface area (Å²) < 4.78 is 5.52. The van der Waals surface area contributed by atoms with Crippen LogP contribution in [0.1, 0.15) is 71.1 Å². The minimum absolute atomic E-state index is 0.0142. The van der Waals surface area contributed by atoms with Gasteiger partial charge in [0, 0.05) is 31.2 Å². The Morgan fingerprint density at radius 2 is 1.49 bits per heavy atom. The SMILES string of the molecule is COc1cccc(C2(C(=O)Nc3cc(C(C)(C)C)cc(C(C)(C)C)c3)CCN(c3ncccn3)CC2)c1. The average molecular weight is 501 g/mol. The number of nitrogens with one attached hydrogen (secondary N) is 1. The van der Waals surface area contributed by atoms with E-state index in [-0.39, 0.29) is 16.7 Å². The molecule has 0 bridgehead atoms. The number of amides is 1. The number of ether oxygens (including phenoxy) is 1. The molecule has 1 aliphatic rings. The molecule has 0 aliphatic carbocycles. The molecule has 196 valence electrons. The van der Waals surface area contributed by atoms with Crippen molar-refractivity contribution in [3.63, 3.8) is 0 Å². The summed E-state index contributed by atoms with van der Waals surface area (Å²) in [5.41, 5.74) is 3.47. The van der Waals surface area contributed by atoms with Crippen molar-refractivity contribution in [1.82, 2.24) is 9.97 Å². The van der Waals surface area contributed by atoms with E-state index in [0.717, 1.165) is 17.0 Å². The first-order chi connectivity index (χ1) is 17.4. The quantitative estimate of drug-likeness (QED) is 0.448. The van der Waals surface area contributed by atoms with Gasteiger partial charge in [0.2, 0.25) is 11.9 Å². The number of anilines is 2. The van der Waals surface area contributed by atoms with Crippen molar-refractivity contribution >= 4 is 17.5 Å². The zero-order valence-corrected chi connectivity index (χ0v) is 23.3. The molecule has 0 spiro atoms. The van der Waals surface area contributed by atoms with Crippen molar-refractivity contribution in [2.75, 3.05) is 30.4 Å². The van der Waals surface area contributed by atoms with Gasteiger partial charge < -0.3 is 15.0 Å². The van der Waals surface area contributed by atoms with Crippen molar-refractivity contribution < 1.29 is 9.53 Å². The van der Waals surface area contributed by atoms with Gasteiger partial charge in [-0.2, -0.15) is 0 Å². The van der Waals surface area contributed by atoms with Crippen molar-refractivity contribution in [2.45, 2.75) is 70.6 Å². The summed E-state index contributed by atoms with van der Waals surface area (Å²) in [4.78, 5) is 25.3. The molecule has 3 aromatic rings. The summed E-state index contributed by atoms with van der Waals surface area (Å²) in [6.07, 6.45) is 4.81. The van der Waals surface area contributed by atoms with Crippen LogP contribution in [-0.4, -0.2) is 36.1 Å². The van der Waals surface area contributed by atoms with Gasteiger partial charge in [-0.3, -0.25) is 4.79 Å². The number of nitrogens with zero attached hydrogens (tertiary/aromatic N) is 3. The minimum atomic E-state index is -0.695. The molecule has 1 amide bonds. The molecule has 2 heterocycles. The molecule has 0 unspecified atom stereocenters. The second-order valence-electron chi connectivity index (χ2n) is 12.1. The molecule has 0 atom stereocenters. The third-order valence-electron chi connectivity index (χ3n) is 7.43. The normalized spacial score (nSPS) is 15.8. The van der Waals surface area contributed by atoms with Gasteiger partial charge in [0.1, 0.15) is 5.75 Å². The van der Waals surface area contributed by atoms with E-state index in [9.17, 15) is 4.79 Å². The molecule has 1 N–H and O–H groups in total. The number of piperidine rings is 1. The number of hydrogen-bond acceptors (Lipinski definition) is 5. The van der Waals surface area contributed by atoms with Crippen LogP contribution in [-0.2, 0) is 21.0 Å². The van der Waals surface area contributed by atoms with Crippen LogP contribution in [0.4, 0.5) is 11.6 Å². The lowest BCUT2D eigenvalue weighted by molar-refractivity contribution is -0.122. The number of carbonyl (C=O) groups excluding carboxylic acids is 1. The van der Waals surface area contributed by atoms with Crippen molar-refractivity contribution in [3.05, 3.63) is 77.6 Å². The first-order valence-electron chi connectivity index (χ1n) is 13.1. The second kappa shape index (κ2) is 10.2. The fourth-order valence-electron chi connectivity index (χ4n) is 4.93. The number of aromatic nitrogens is 2. The van der Waals surface area contributed by atoms with Gasteiger partial charge in [0.25, 0.3) is 0 Å². The molecular weight excluding hydrogens is 460 g/mol. The number of carbonyl (C=O) groups is 1. The fourth-order valence-corrected chi connectivity index (χ4v) is 4.93. The van der Waals surface area contributed by atoms with Crippen LogP contribution in [0.3, 0.4) is 0 Å². The molecule has 37 heavy (non-hydrogen) atoms. The zero-order valence-electron chi connectivity index (χ0n) is 23.3. The van der Waals surface area contributed by atoms with E-state index in [1.165, 1.54) is 11.1 Å². The molecule has 4 rings (SSSR count). The highest BCUT2D eigenvalue weighted by molar-refractivity contribution is 5.99. The smallest absolute Gasteiger partial charge is 0.235 e. The highest BCUT2D eigenvalue weighted by Crippen LogP contribution is 2.40. The standard InChI is InChI=1S/C31H40N4O2/c1-29(2,3)23-18-24(30(4,5)6)20-25(19-23)34-27(36)31(22-10-8-11-26(21-22)37-7)12-16-35(17-13-31)28-32-14-9-15-33-28/h8-11,14-15,18-21H,12-13,16-17H2,1-7H3,(H,34,36). The van der Waals surface area contributed by atoms with Crippen LogP contribution in [0.2, 0.25) is 0 Å². The number of benzene rings is 2. The van der Waals surface area contributed by atoms with Gasteiger partial charge in [-0.1, -0.05) is 59.7 Å². The van der Waals surface area contributed by atoms with Gasteiger partial charge in [-0.05, 0) is 70.7 Å². The Hall–Kier alpha value is -3.41. The van der Waals surface area contributed by atoms with Gasteiger partial charge in [0.05, 0.1) is 12.5 Å². The molecule has 1 aromatic heterocycles. The van der Waals surface area contributed by atoms with E-state index in [1.54, 1.807) is 19.5 Å². The van der Waals surface area contributed by atoms with Crippen LogP contribution in [0.15, 0.2) is 60.9 Å². The highest BCUT2D eigenvalue weighted by Gasteiger charge is 2.44. The van der Waals surface area contributed by atoms with Crippen LogP contribution in [0, 0.1) is 0 Å². The van der Waals surface area contributed by atoms with Crippen LogP contribution >= 0.6 is 0 Å². The van der Waals surface area contributed by atoms with Gasteiger partial charge >= 0.3 is 0 Å². The zero-order chi connectivity index (χ0) is 26.8. The van der Waals surface area contributed by atoms with E-state index < -0.39 is 5.41 Å². The summed E-state index contributed by atoms with van der Waals surface area (Å²) in [6, 6.07) is 16.3. The van der Waals surface area contributed by atoms with Gasteiger partial charge in [0.15, 0.2) is 0 Å². The molecule has 0 saturated carbocycles. The molecular formula is C31H40N4O2. The van der Waals surface area contributed by atoms with E-state index in [2.05, 4.69) is 79.9 Å². The Labute approximate surface area is 221 Å². The van der Waals surface area contributed by atoms with E-state index in [1.807, 2.05) is 30.3 Å². The number of rotatable bonds is 5. The lowest BCUT2D eigenvalue weighted by Gasteiger charge is -2.41. The lowest BCUT2D eigenvalue weighted by Crippen LogP contribution is -2.50. The van der Waals surface area contributed by atoms with Crippen LogP contribution in [0.5, 0.6) is 5.75 Å². The summed E-state index contributed by atoms with van der Waals surface area (Å²) in [5, 5.41) is 3.34. The molecule has 2 aromatic carbocycles. The summed E-state index contributed by atoms with van der Waals surface area (Å²) in [6.45, 7) is 14.6. The molecule has 6 nitrogen and oxygen atoms in total. The predicted octanol–water partition coefficient (Wildman–Crippen LogP) is 6.26. The molecule has 6 heteroatoms.